The van der Waals surface area contributed by atoms with Gasteiger partial charge in [-0.2, -0.15) is 0 Å². The lowest BCUT2D eigenvalue weighted by Crippen LogP contribution is -1.85. The fourth-order valence-corrected chi connectivity index (χ4v) is 3.37. The summed E-state index contributed by atoms with van der Waals surface area (Å²) in [5, 5.41) is 5.17. The molecule has 4 aromatic rings. The van der Waals surface area contributed by atoms with Gasteiger partial charge in [-0.05, 0) is 50.9 Å². The van der Waals surface area contributed by atoms with E-state index in [1.165, 1.54) is 32.7 Å². The van der Waals surface area contributed by atoms with Gasteiger partial charge in [0.25, 0.3) is 0 Å². The molecular formula is C20H13Br. The van der Waals surface area contributed by atoms with Crippen molar-refractivity contribution in [1.82, 2.24) is 0 Å². The van der Waals surface area contributed by atoms with Crippen molar-refractivity contribution in [3.8, 4) is 11.1 Å². The van der Waals surface area contributed by atoms with Gasteiger partial charge in [-0.3, -0.25) is 0 Å². The maximum atomic E-state index is 3.59. The van der Waals surface area contributed by atoms with E-state index in [1.807, 2.05) is 0 Å². The fourth-order valence-electron chi connectivity index (χ4n) is 2.97. The van der Waals surface area contributed by atoms with E-state index in [0.29, 0.717) is 0 Å². The Morgan fingerprint density at radius 2 is 1.19 bits per heavy atom. The van der Waals surface area contributed by atoms with E-state index in [0.717, 1.165) is 4.47 Å². The molecule has 0 spiro atoms. The first-order valence-electron chi connectivity index (χ1n) is 6.99. The van der Waals surface area contributed by atoms with Crippen LogP contribution in [0.2, 0.25) is 0 Å². The van der Waals surface area contributed by atoms with Gasteiger partial charge in [0.15, 0.2) is 0 Å². The van der Waals surface area contributed by atoms with Crippen molar-refractivity contribution in [3.05, 3.63) is 83.3 Å². The molecule has 0 unspecified atom stereocenters. The molecule has 100 valence electrons. The first-order chi connectivity index (χ1) is 10.3. The van der Waals surface area contributed by atoms with E-state index < -0.39 is 0 Å². The third-order valence-electron chi connectivity index (χ3n) is 3.88. The van der Waals surface area contributed by atoms with Gasteiger partial charge in [-0.1, -0.05) is 76.6 Å². The summed E-state index contributed by atoms with van der Waals surface area (Å²) in [5.74, 6) is 0. The Morgan fingerprint density at radius 1 is 0.571 bits per heavy atom. The second-order valence-electron chi connectivity index (χ2n) is 5.20. The zero-order valence-corrected chi connectivity index (χ0v) is 13.0. The smallest absolute Gasteiger partial charge is 0.0181 e. The third-order valence-corrected chi connectivity index (χ3v) is 4.38. The van der Waals surface area contributed by atoms with Gasteiger partial charge in [0.1, 0.15) is 0 Å². The second kappa shape index (κ2) is 5.01. The second-order valence-corrected chi connectivity index (χ2v) is 6.12. The van der Waals surface area contributed by atoms with Gasteiger partial charge >= 0.3 is 0 Å². The fraction of sp³-hybridized carbons (Fsp3) is 0. The summed E-state index contributed by atoms with van der Waals surface area (Å²) >= 11 is 3.59. The summed E-state index contributed by atoms with van der Waals surface area (Å²) in [6.45, 7) is 0. The van der Waals surface area contributed by atoms with Gasteiger partial charge in [0.05, 0.1) is 0 Å². The summed E-state index contributed by atoms with van der Waals surface area (Å²) in [4.78, 5) is 0. The predicted molar refractivity (Wildman–Crippen MR) is 94.6 cm³/mol. The van der Waals surface area contributed by atoms with Crippen molar-refractivity contribution in [2.45, 2.75) is 0 Å². The van der Waals surface area contributed by atoms with E-state index in [2.05, 4.69) is 94.8 Å². The monoisotopic (exact) mass is 332 g/mol. The molecule has 0 atom stereocenters. The van der Waals surface area contributed by atoms with Gasteiger partial charge in [-0.15, -0.1) is 0 Å². The average molecular weight is 333 g/mol. The molecule has 0 fully saturated rings. The lowest BCUT2D eigenvalue weighted by atomic mass is 9.92. The molecule has 0 heterocycles. The molecule has 0 nitrogen and oxygen atoms in total. The molecule has 0 aromatic heterocycles. The normalized spacial score (nSPS) is 11.1. The highest BCUT2D eigenvalue weighted by Crippen LogP contribution is 2.36. The largest absolute Gasteiger partial charge is 0.0616 e. The Balaban J connectivity index is 2.21. The van der Waals surface area contributed by atoms with E-state index >= 15 is 0 Å². The van der Waals surface area contributed by atoms with Gasteiger partial charge in [-0.25, -0.2) is 0 Å². The SMILES string of the molecule is Brc1cccc(-c2c3ccccc3cc3ccccc23)c1. The minimum absolute atomic E-state index is 1.11. The van der Waals surface area contributed by atoms with E-state index in [9.17, 15) is 0 Å². The first-order valence-corrected chi connectivity index (χ1v) is 7.79. The standard InChI is InChI=1S/C20H13Br/c21-17-9-5-8-16(13-17)20-18-10-3-1-6-14(18)12-15-7-2-4-11-19(15)20/h1-13H. The molecule has 0 bridgehead atoms. The molecule has 4 rings (SSSR count). The number of rotatable bonds is 1. The summed E-state index contributed by atoms with van der Waals surface area (Å²) in [6.07, 6.45) is 0. The number of hydrogen-bond donors (Lipinski definition) is 0. The molecule has 0 aliphatic rings. The minimum Gasteiger partial charge on any atom is -0.0616 e. The van der Waals surface area contributed by atoms with Crippen molar-refractivity contribution in [2.75, 3.05) is 0 Å². The Kier molecular flexibility index (Phi) is 3.01. The molecule has 21 heavy (non-hydrogen) atoms. The summed E-state index contributed by atoms with van der Waals surface area (Å²) in [6, 6.07) is 28.0. The third kappa shape index (κ3) is 2.14. The zero-order valence-electron chi connectivity index (χ0n) is 11.4. The van der Waals surface area contributed by atoms with Crippen LogP contribution < -0.4 is 0 Å². The van der Waals surface area contributed by atoms with Crippen molar-refractivity contribution in [2.24, 2.45) is 0 Å². The van der Waals surface area contributed by atoms with Crippen LogP contribution in [-0.2, 0) is 0 Å². The topological polar surface area (TPSA) is 0 Å². The van der Waals surface area contributed by atoms with E-state index in [-0.39, 0.29) is 0 Å². The number of hydrogen-bond acceptors (Lipinski definition) is 0. The molecule has 0 amide bonds. The van der Waals surface area contributed by atoms with Crippen molar-refractivity contribution in [3.63, 3.8) is 0 Å². The molecule has 0 saturated heterocycles. The highest BCUT2D eigenvalue weighted by atomic mass is 79.9. The Hall–Kier alpha value is -2.12. The van der Waals surface area contributed by atoms with Crippen LogP contribution in [0.25, 0.3) is 32.7 Å². The zero-order chi connectivity index (χ0) is 14.2. The summed E-state index contributed by atoms with van der Waals surface area (Å²) in [5.41, 5.74) is 2.56. The summed E-state index contributed by atoms with van der Waals surface area (Å²) in [7, 11) is 0. The minimum atomic E-state index is 1.11. The van der Waals surface area contributed by atoms with Gasteiger partial charge in [0, 0.05) is 4.47 Å². The summed E-state index contributed by atoms with van der Waals surface area (Å²) < 4.78 is 1.11. The lowest BCUT2D eigenvalue weighted by molar-refractivity contribution is 1.63. The van der Waals surface area contributed by atoms with Crippen molar-refractivity contribution < 1.29 is 0 Å². The van der Waals surface area contributed by atoms with E-state index in [1.54, 1.807) is 0 Å². The average Bonchev–Trinajstić information content (AvgIpc) is 2.52. The molecule has 0 aliphatic carbocycles. The van der Waals surface area contributed by atoms with Crippen LogP contribution in [-0.4, -0.2) is 0 Å². The van der Waals surface area contributed by atoms with Crippen LogP contribution in [0.3, 0.4) is 0 Å². The molecular weight excluding hydrogens is 320 g/mol. The van der Waals surface area contributed by atoms with Crippen LogP contribution >= 0.6 is 15.9 Å². The van der Waals surface area contributed by atoms with Gasteiger partial charge < -0.3 is 0 Å². The molecule has 4 aromatic carbocycles. The Morgan fingerprint density at radius 3 is 1.81 bits per heavy atom. The number of halogens is 1. The van der Waals surface area contributed by atoms with Crippen LogP contribution in [0.4, 0.5) is 0 Å². The number of benzene rings is 4. The molecule has 0 saturated carbocycles. The molecule has 0 aliphatic heterocycles. The lowest BCUT2D eigenvalue weighted by Gasteiger charge is -2.12. The number of fused-ring (bicyclic) bond motifs is 2. The van der Waals surface area contributed by atoms with Crippen molar-refractivity contribution in [1.29, 1.82) is 0 Å². The van der Waals surface area contributed by atoms with E-state index in [4.69, 9.17) is 0 Å². The maximum Gasteiger partial charge on any atom is 0.0181 e. The molecule has 1 heteroatoms. The highest BCUT2D eigenvalue weighted by Gasteiger charge is 2.09. The van der Waals surface area contributed by atoms with Crippen LogP contribution in [0.1, 0.15) is 0 Å². The van der Waals surface area contributed by atoms with Crippen LogP contribution in [0.5, 0.6) is 0 Å². The predicted octanol–water partition coefficient (Wildman–Crippen LogP) is 6.42. The molecule has 0 N–H and O–H groups in total. The Bertz CT molecular complexity index is 900. The van der Waals surface area contributed by atoms with Crippen molar-refractivity contribution >= 4 is 37.5 Å². The Labute approximate surface area is 132 Å². The molecule has 0 radical (unpaired) electrons. The maximum absolute atomic E-state index is 3.59. The quantitative estimate of drug-likeness (QED) is 0.352. The first kappa shape index (κ1) is 12.6. The van der Waals surface area contributed by atoms with Crippen LogP contribution in [0.15, 0.2) is 83.3 Å². The van der Waals surface area contributed by atoms with Crippen LogP contribution in [0, 0.1) is 0 Å². The highest BCUT2D eigenvalue weighted by molar-refractivity contribution is 9.10. The van der Waals surface area contributed by atoms with Gasteiger partial charge in [0.2, 0.25) is 0 Å².